The second-order valence-corrected chi connectivity index (χ2v) is 10.2. The summed E-state index contributed by atoms with van der Waals surface area (Å²) in [6.45, 7) is 9.68. The average Bonchev–Trinajstić information content (AvgIpc) is 3.19. The lowest BCUT2D eigenvalue weighted by atomic mass is 9.79. The lowest BCUT2D eigenvalue weighted by molar-refractivity contribution is -0.245. The molecule has 3 heterocycles. The lowest BCUT2D eigenvalue weighted by Gasteiger charge is -2.51. The number of piperidine rings is 1. The van der Waals surface area contributed by atoms with Crippen LogP contribution in [0.5, 0.6) is 0 Å². The van der Waals surface area contributed by atoms with Crippen LogP contribution in [0.1, 0.15) is 56.6 Å². The summed E-state index contributed by atoms with van der Waals surface area (Å²) in [6, 6.07) is 8.53. The van der Waals surface area contributed by atoms with Crippen LogP contribution in [0.3, 0.4) is 0 Å². The number of amides is 1. The van der Waals surface area contributed by atoms with E-state index in [4.69, 9.17) is 0 Å². The number of anilines is 4. The fourth-order valence-corrected chi connectivity index (χ4v) is 4.59. The van der Waals surface area contributed by atoms with Gasteiger partial charge in [0.15, 0.2) is 17.5 Å². The van der Waals surface area contributed by atoms with Crippen LogP contribution in [-0.4, -0.2) is 53.5 Å². The summed E-state index contributed by atoms with van der Waals surface area (Å²) in [6.07, 6.45) is 2.34. The van der Waals surface area contributed by atoms with E-state index in [1.165, 1.54) is 5.06 Å². The number of nitrogens with one attached hydrogen (secondary N) is 4. The van der Waals surface area contributed by atoms with Gasteiger partial charge in [0.1, 0.15) is 0 Å². The van der Waals surface area contributed by atoms with E-state index in [1.54, 1.807) is 30.3 Å². The predicted molar refractivity (Wildman–Crippen MR) is 131 cm³/mol. The molecule has 11 heteroatoms. The molecule has 0 radical (unpaired) electrons. The number of nitrogens with zero attached hydrogens (tertiary/aromatic N) is 4. The Bertz CT molecular complexity index is 1190. The van der Waals surface area contributed by atoms with Crippen molar-refractivity contribution >= 4 is 29.2 Å². The van der Waals surface area contributed by atoms with Crippen LogP contribution in [-0.2, 0) is 0 Å². The molecular weight excluding hydrogens is 451 g/mol. The zero-order valence-electron chi connectivity index (χ0n) is 20.5. The van der Waals surface area contributed by atoms with Crippen LogP contribution in [0.15, 0.2) is 36.5 Å². The van der Waals surface area contributed by atoms with Crippen LogP contribution in [0.25, 0.3) is 0 Å². The fourth-order valence-electron chi connectivity index (χ4n) is 4.59. The van der Waals surface area contributed by atoms with E-state index in [2.05, 4.69) is 36.1 Å². The molecule has 1 aliphatic heterocycles. The Morgan fingerprint density at radius 1 is 1.14 bits per heavy atom. The van der Waals surface area contributed by atoms with Gasteiger partial charge in [-0.3, -0.25) is 9.89 Å². The summed E-state index contributed by atoms with van der Waals surface area (Å²) < 4.78 is 14.1. The number of aryl methyl sites for hydroxylation is 1. The second kappa shape index (κ2) is 9.23. The van der Waals surface area contributed by atoms with Gasteiger partial charge in [0.25, 0.3) is 5.91 Å². The number of hydroxylamine groups is 2. The van der Waals surface area contributed by atoms with Crippen LogP contribution in [0.2, 0.25) is 0 Å². The maximum Gasteiger partial charge on any atom is 0.251 e. The third kappa shape index (κ3) is 5.57. The molecule has 1 amide bonds. The van der Waals surface area contributed by atoms with E-state index in [9.17, 15) is 14.4 Å². The van der Waals surface area contributed by atoms with E-state index in [-0.39, 0.29) is 23.7 Å². The highest BCUT2D eigenvalue weighted by Crippen LogP contribution is 2.36. The lowest BCUT2D eigenvalue weighted by Crippen LogP contribution is -2.62. The standard InChI is InChI=1S/C24H31FN8O2/c1-14-10-19(32-31-14)29-20-18(25)13-26-22(30-20)28-16-8-6-15(7-9-16)21(34)27-17-11-23(2,3)33(35)24(4,5)12-17/h6-10,13,17,35H,11-12H2,1-5H3,(H,27,34)(H3,26,28,29,30,31,32). The summed E-state index contributed by atoms with van der Waals surface area (Å²) >= 11 is 0. The Morgan fingerprint density at radius 2 is 1.80 bits per heavy atom. The van der Waals surface area contributed by atoms with Gasteiger partial charge in [-0.1, -0.05) is 0 Å². The molecule has 0 unspecified atom stereocenters. The van der Waals surface area contributed by atoms with Crippen molar-refractivity contribution < 1.29 is 14.4 Å². The molecule has 0 saturated carbocycles. The Labute approximate surface area is 203 Å². The molecule has 0 atom stereocenters. The molecule has 2 aromatic heterocycles. The highest BCUT2D eigenvalue weighted by atomic mass is 19.1. The molecule has 1 saturated heterocycles. The molecule has 1 fully saturated rings. The van der Waals surface area contributed by atoms with Gasteiger partial charge in [-0.25, -0.2) is 9.37 Å². The van der Waals surface area contributed by atoms with Crippen molar-refractivity contribution in [3.05, 3.63) is 53.6 Å². The van der Waals surface area contributed by atoms with E-state index < -0.39 is 16.9 Å². The van der Waals surface area contributed by atoms with E-state index >= 15 is 0 Å². The monoisotopic (exact) mass is 482 g/mol. The SMILES string of the molecule is Cc1cc(Nc2nc(Nc3ccc(C(=O)NC4CC(C)(C)N(O)C(C)(C)C4)cc3)ncc2F)n[nH]1. The zero-order valence-corrected chi connectivity index (χ0v) is 20.5. The molecule has 10 nitrogen and oxygen atoms in total. The molecule has 1 aromatic carbocycles. The number of hydrogen-bond acceptors (Lipinski definition) is 8. The number of aromatic nitrogens is 4. The first kappa shape index (κ1) is 24.6. The quantitative estimate of drug-likeness (QED) is 0.352. The Balaban J connectivity index is 1.40. The highest BCUT2D eigenvalue weighted by molar-refractivity contribution is 5.94. The van der Waals surface area contributed by atoms with Gasteiger partial charge in [-0.2, -0.15) is 15.1 Å². The van der Waals surface area contributed by atoms with Crippen molar-refractivity contribution in [1.29, 1.82) is 0 Å². The zero-order chi connectivity index (χ0) is 25.4. The average molecular weight is 483 g/mol. The maximum absolute atomic E-state index is 14.1. The number of halogens is 1. The van der Waals surface area contributed by atoms with Gasteiger partial charge in [0, 0.05) is 40.1 Å². The molecule has 3 aromatic rings. The molecule has 0 bridgehead atoms. The van der Waals surface area contributed by atoms with Crippen LogP contribution in [0.4, 0.5) is 27.7 Å². The van der Waals surface area contributed by atoms with E-state index in [0.29, 0.717) is 29.9 Å². The van der Waals surface area contributed by atoms with Crippen molar-refractivity contribution in [3.63, 3.8) is 0 Å². The van der Waals surface area contributed by atoms with Gasteiger partial charge in [0.05, 0.1) is 6.20 Å². The molecule has 35 heavy (non-hydrogen) atoms. The smallest absolute Gasteiger partial charge is 0.251 e. The summed E-state index contributed by atoms with van der Waals surface area (Å²) in [4.78, 5) is 21.0. The summed E-state index contributed by atoms with van der Waals surface area (Å²) in [5.41, 5.74) is 1.08. The van der Waals surface area contributed by atoms with Gasteiger partial charge < -0.3 is 21.2 Å². The molecule has 0 spiro atoms. The largest absolute Gasteiger partial charge is 0.349 e. The van der Waals surface area contributed by atoms with Gasteiger partial charge in [-0.15, -0.1) is 0 Å². The van der Waals surface area contributed by atoms with Crippen molar-refractivity contribution in [1.82, 2.24) is 30.5 Å². The number of benzene rings is 1. The van der Waals surface area contributed by atoms with Gasteiger partial charge >= 0.3 is 0 Å². The minimum Gasteiger partial charge on any atom is -0.349 e. The summed E-state index contributed by atoms with van der Waals surface area (Å²) in [5, 5.41) is 27.6. The van der Waals surface area contributed by atoms with Gasteiger partial charge in [-0.05, 0) is 71.7 Å². The third-order valence-electron chi connectivity index (χ3n) is 6.07. The van der Waals surface area contributed by atoms with E-state index in [1.807, 2.05) is 34.6 Å². The van der Waals surface area contributed by atoms with Crippen LogP contribution >= 0.6 is 0 Å². The molecular formula is C24H31FN8O2. The first-order valence-corrected chi connectivity index (χ1v) is 11.4. The number of hydrogen-bond donors (Lipinski definition) is 5. The normalized spacial score (nSPS) is 17.7. The number of carbonyl (C=O) groups is 1. The van der Waals surface area contributed by atoms with Crippen molar-refractivity contribution in [2.45, 2.75) is 64.6 Å². The molecule has 0 aliphatic carbocycles. The molecule has 1 aliphatic rings. The highest BCUT2D eigenvalue weighted by Gasteiger charge is 2.45. The number of aromatic amines is 1. The number of H-pyrrole nitrogens is 1. The minimum atomic E-state index is -0.610. The fraction of sp³-hybridized carbons (Fsp3) is 0.417. The minimum absolute atomic E-state index is 0.00947. The Kier molecular flexibility index (Phi) is 6.48. The second-order valence-electron chi connectivity index (χ2n) is 10.2. The maximum atomic E-state index is 14.1. The molecule has 5 N–H and O–H groups in total. The first-order chi connectivity index (χ1) is 16.4. The molecule has 186 valence electrons. The first-order valence-electron chi connectivity index (χ1n) is 11.4. The third-order valence-corrected chi connectivity index (χ3v) is 6.07. The topological polar surface area (TPSA) is 131 Å². The Morgan fingerprint density at radius 3 is 2.40 bits per heavy atom. The molecule has 4 rings (SSSR count). The van der Waals surface area contributed by atoms with Crippen LogP contribution in [0, 0.1) is 12.7 Å². The summed E-state index contributed by atoms with van der Waals surface area (Å²) in [5.74, 6) is -0.166. The van der Waals surface area contributed by atoms with Crippen molar-refractivity contribution in [2.24, 2.45) is 0 Å². The van der Waals surface area contributed by atoms with Crippen LogP contribution < -0.4 is 16.0 Å². The summed E-state index contributed by atoms with van der Waals surface area (Å²) in [7, 11) is 0. The predicted octanol–water partition coefficient (Wildman–Crippen LogP) is 4.28. The number of rotatable bonds is 6. The van der Waals surface area contributed by atoms with Crippen molar-refractivity contribution in [2.75, 3.05) is 10.6 Å². The van der Waals surface area contributed by atoms with E-state index in [0.717, 1.165) is 11.9 Å². The number of carbonyl (C=O) groups excluding carboxylic acids is 1. The Hall–Kier alpha value is -3.57. The van der Waals surface area contributed by atoms with Crippen molar-refractivity contribution in [3.8, 4) is 0 Å². The van der Waals surface area contributed by atoms with Gasteiger partial charge in [0.2, 0.25) is 5.95 Å².